The second-order valence-corrected chi connectivity index (χ2v) is 5.98. The molecule has 132 valence electrons. The van der Waals surface area contributed by atoms with Gasteiger partial charge in [-0.3, -0.25) is 4.79 Å². The van der Waals surface area contributed by atoms with Crippen molar-refractivity contribution in [1.82, 2.24) is 19.7 Å². The van der Waals surface area contributed by atoms with Crippen molar-refractivity contribution in [1.29, 1.82) is 0 Å². The number of amides is 1. The lowest BCUT2D eigenvalue weighted by Crippen LogP contribution is -2.49. The fraction of sp³-hybridized carbons (Fsp3) is 0.389. The van der Waals surface area contributed by atoms with Crippen molar-refractivity contribution in [2.45, 2.75) is 6.92 Å². The Kier molecular flexibility index (Phi) is 5.02. The van der Waals surface area contributed by atoms with Crippen molar-refractivity contribution >= 4 is 11.9 Å². The molecule has 0 aliphatic carbocycles. The number of aromatic nitrogens is 3. The lowest BCUT2D eigenvalue weighted by Gasteiger charge is -2.35. The molecular weight excluding hydrogens is 318 g/mol. The monoisotopic (exact) mass is 341 g/mol. The molecule has 25 heavy (non-hydrogen) atoms. The number of carbonyl (C=O) groups excluding carboxylic acids is 1. The Morgan fingerprint density at radius 2 is 1.96 bits per heavy atom. The standard InChI is InChI=1S/C18H23N5O2/c1-4-13-25-16-8-6-5-7-15(16)17(24)22-9-11-23(12-10-22)18-20-19-14(2)21(18)3/h4-8H,1,9-13H2,2-3H3. The van der Waals surface area contributed by atoms with Gasteiger partial charge in [-0.25, -0.2) is 0 Å². The Bertz CT molecular complexity index is 763. The second-order valence-electron chi connectivity index (χ2n) is 5.98. The zero-order chi connectivity index (χ0) is 17.8. The summed E-state index contributed by atoms with van der Waals surface area (Å²) in [6.07, 6.45) is 1.67. The van der Waals surface area contributed by atoms with Gasteiger partial charge in [-0.15, -0.1) is 10.2 Å². The molecule has 3 rings (SSSR count). The highest BCUT2D eigenvalue weighted by molar-refractivity contribution is 5.97. The van der Waals surface area contributed by atoms with Gasteiger partial charge in [0.1, 0.15) is 18.2 Å². The molecule has 1 aromatic carbocycles. The van der Waals surface area contributed by atoms with E-state index in [4.69, 9.17) is 4.74 Å². The number of aryl methyl sites for hydroxylation is 1. The first-order chi connectivity index (χ1) is 12.1. The summed E-state index contributed by atoms with van der Waals surface area (Å²) >= 11 is 0. The molecule has 1 aliphatic heterocycles. The maximum Gasteiger partial charge on any atom is 0.257 e. The molecule has 0 radical (unpaired) electrons. The number of carbonyl (C=O) groups is 1. The van der Waals surface area contributed by atoms with Crippen molar-refractivity contribution in [3.05, 3.63) is 48.3 Å². The van der Waals surface area contributed by atoms with Crippen molar-refractivity contribution in [2.75, 3.05) is 37.7 Å². The molecule has 0 spiro atoms. The number of anilines is 1. The number of hydrogen-bond donors (Lipinski definition) is 0. The highest BCUT2D eigenvalue weighted by Gasteiger charge is 2.26. The molecule has 1 amide bonds. The summed E-state index contributed by atoms with van der Waals surface area (Å²) in [6, 6.07) is 7.34. The number of piperazine rings is 1. The van der Waals surface area contributed by atoms with Gasteiger partial charge in [0.2, 0.25) is 5.95 Å². The summed E-state index contributed by atoms with van der Waals surface area (Å²) in [4.78, 5) is 16.9. The second kappa shape index (κ2) is 7.38. The van der Waals surface area contributed by atoms with E-state index < -0.39 is 0 Å². The number of ether oxygens (including phenoxy) is 1. The van der Waals surface area contributed by atoms with Crippen LogP contribution in [0.4, 0.5) is 5.95 Å². The first-order valence-corrected chi connectivity index (χ1v) is 8.34. The van der Waals surface area contributed by atoms with Crippen molar-refractivity contribution in [2.24, 2.45) is 7.05 Å². The van der Waals surface area contributed by atoms with Crippen LogP contribution in [-0.2, 0) is 7.05 Å². The SMILES string of the molecule is C=CCOc1ccccc1C(=O)N1CCN(c2nnc(C)n2C)CC1. The van der Waals surface area contributed by atoms with Crippen molar-refractivity contribution in [3.63, 3.8) is 0 Å². The van der Waals surface area contributed by atoms with Crippen LogP contribution in [0.1, 0.15) is 16.2 Å². The molecule has 2 heterocycles. The Morgan fingerprint density at radius 1 is 1.24 bits per heavy atom. The molecule has 2 aromatic rings. The molecule has 0 unspecified atom stereocenters. The molecule has 0 N–H and O–H groups in total. The Hall–Kier alpha value is -2.83. The van der Waals surface area contributed by atoms with Crippen LogP contribution in [0.2, 0.25) is 0 Å². The van der Waals surface area contributed by atoms with Crippen LogP contribution < -0.4 is 9.64 Å². The summed E-state index contributed by atoms with van der Waals surface area (Å²) in [5.41, 5.74) is 0.590. The first kappa shape index (κ1) is 17.0. The number of para-hydroxylation sites is 1. The smallest absolute Gasteiger partial charge is 0.257 e. The minimum atomic E-state index is -0.00606. The summed E-state index contributed by atoms with van der Waals surface area (Å²) in [6.45, 7) is 8.69. The van der Waals surface area contributed by atoms with Crippen LogP contribution in [0.15, 0.2) is 36.9 Å². The quantitative estimate of drug-likeness (QED) is 0.774. The van der Waals surface area contributed by atoms with Gasteiger partial charge in [-0.1, -0.05) is 24.8 Å². The van der Waals surface area contributed by atoms with E-state index in [0.717, 1.165) is 24.9 Å². The largest absolute Gasteiger partial charge is 0.489 e. The minimum absolute atomic E-state index is 0.00606. The Morgan fingerprint density at radius 3 is 2.60 bits per heavy atom. The van der Waals surface area contributed by atoms with Crippen LogP contribution >= 0.6 is 0 Å². The zero-order valence-electron chi connectivity index (χ0n) is 14.7. The fourth-order valence-electron chi connectivity index (χ4n) is 2.87. The van der Waals surface area contributed by atoms with E-state index in [0.29, 0.717) is 31.0 Å². The summed E-state index contributed by atoms with van der Waals surface area (Å²) in [5, 5.41) is 8.32. The lowest BCUT2D eigenvalue weighted by molar-refractivity contribution is 0.0742. The number of rotatable bonds is 5. The summed E-state index contributed by atoms with van der Waals surface area (Å²) < 4.78 is 7.58. The van der Waals surface area contributed by atoms with E-state index in [9.17, 15) is 4.79 Å². The molecule has 1 fully saturated rings. The van der Waals surface area contributed by atoms with Gasteiger partial charge >= 0.3 is 0 Å². The van der Waals surface area contributed by atoms with E-state index in [-0.39, 0.29) is 5.91 Å². The molecule has 0 bridgehead atoms. The van der Waals surface area contributed by atoms with Crippen LogP contribution in [0.3, 0.4) is 0 Å². The lowest BCUT2D eigenvalue weighted by atomic mass is 10.1. The Labute approximate surface area is 147 Å². The molecule has 7 heteroatoms. The third-order valence-corrected chi connectivity index (χ3v) is 4.39. The third-order valence-electron chi connectivity index (χ3n) is 4.39. The van der Waals surface area contributed by atoms with E-state index in [1.54, 1.807) is 12.1 Å². The van der Waals surface area contributed by atoms with Gasteiger partial charge in [0.15, 0.2) is 0 Å². The number of nitrogens with zero attached hydrogens (tertiary/aromatic N) is 5. The molecular formula is C18H23N5O2. The van der Waals surface area contributed by atoms with E-state index in [1.807, 2.05) is 41.6 Å². The predicted molar refractivity (Wildman–Crippen MR) is 96.0 cm³/mol. The molecule has 1 aliphatic rings. The summed E-state index contributed by atoms with van der Waals surface area (Å²) in [5.74, 6) is 2.31. The molecule has 0 saturated carbocycles. The predicted octanol–water partition coefficient (Wildman–Crippen LogP) is 1.65. The average molecular weight is 341 g/mol. The van der Waals surface area contributed by atoms with Crippen molar-refractivity contribution in [3.8, 4) is 5.75 Å². The van der Waals surface area contributed by atoms with Gasteiger partial charge in [0.05, 0.1) is 5.56 Å². The number of benzene rings is 1. The van der Waals surface area contributed by atoms with Crippen LogP contribution in [0.5, 0.6) is 5.75 Å². The molecule has 1 aromatic heterocycles. The Balaban J connectivity index is 1.68. The normalized spacial score (nSPS) is 14.5. The zero-order valence-corrected chi connectivity index (χ0v) is 14.7. The van der Waals surface area contributed by atoms with E-state index in [1.165, 1.54) is 0 Å². The first-order valence-electron chi connectivity index (χ1n) is 8.34. The summed E-state index contributed by atoms with van der Waals surface area (Å²) in [7, 11) is 1.95. The topological polar surface area (TPSA) is 63.5 Å². The van der Waals surface area contributed by atoms with Crippen LogP contribution in [0, 0.1) is 6.92 Å². The van der Waals surface area contributed by atoms with Gasteiger partial charge in [0.25, 0.3) is 5.91 Å². The van der Waals surface area contributed by atoms with Gasteiger partial charge in [-0.2, -0.15) is 0 Å². The van der Waals surface area contributed by atoms with E-state index >= 15 is 0 Å². The van der Waals surface area contributed by atoms with Gasteiger partial charge < -0.3 is 19.1 Å². The highest BCUT2D eigenvalue weighted by Crippen LogP contribution is 2.21. The van der Waals surface area contributed by atoms with Crippen LogP contribution in [-0.4, -0.2) is 58.4 Å². The fourth-order valence-corrected chi connectivity index (χ4v) is 2.87. The third kappa shape index (κ3) is 3.50. The minimum Gasteiger partial charge on any atom is -0.489 e. The average Bonchev–Trinajstić information content (AvgIpc) is 2.99. The highest BCUT2D eigenvalue weighted by atomic mass is 16.5. The maximum absolute atomic E-state index is 12.9. The van der Waals surface area contributed by atoms with E-state index in [2.05, 4.69) is 21.7 Å². The number of hydrogen-bond acceptors (Lipinski definition) is 5. The van der Waals surface area contributed by atoms with Crippen molar-refractivity contribution < 1.29 is 9.53 Å². The maximum atomic E-state index is 12.9. The molecule has 0 atom stereocenters. The molecule has 1 saturated heterocycles. The molecule has 7 nitrogen and oxygen atoms in total. The van der Waals surface area contributed by atoms with Gasteiger partial charge in [-0.05, 0) is 19.1 Å². The van der Waals surface area contributed by atoms with Crippen LogP contribution in [0.25, 0.3) is 0 Å². The van der Waals surface area contributed by atoms with Gasteiger partial charge in [0, 0.05) is 33.2 Å².